The molecular formula is C31H47NaO6S. The molecule has 0 heterocycles. The topological polar surface area (TPSA) is 107 Å². The normalized spacial score (nSPS) is 26.6. The molecule has 0 aliphatic heterocycles. The number of phenols is 2. The van der Waals surface area contributed by atoms with E-state index in [4.69, 9.17) is 4.18 Å². The molecule has 2 aliphatic rings. The first-order valence-electron chi connectivity index (χ1n) is 14.1. The molecule has 6 nitrogen and oxygen atoms in total. The summed E-state index contributed by atoms with van der Waals surface area (Å²) in [7, 11) is -4.82. The maximum absolute atomic E-state index is 11.7. The molecule has 0 spiro atoms. The fourth-order valence-electron chi connectivity index (χ4n) is 7.35. The summed E-state index contributed by atoms with van der Waals surface area (Å²) in [5, 5.41) is 19.7. The molecule has 2 aliphatic carbocycles. The average Bonchev–Trinajstić information content (AvgIpc) is 2.79. The maximum Gasteiger partial charge on any atom is 1.00 e. The van der Waals surface area contributed by atoms with Gasteiger partial charge in [-0.3, -0.25) is 4.18 Å². The van der Waals surface area contributed by atoms with E-state index < -0.39 is 16.5 Å². The zero-order valence-corrected chi connectivity index (χ0v) is 27.8. The Kier molecular flexibility index (Phi) is 12.2. The molecule has 1 aromatic rings. The zero-order valence-electron chi connectivity index (χ0n) is 25.0. The summed E-state index contributed by atoms with van der Waals surface area (Å²) >= 11 is 0. The van der Waals surface area contributed by atoms with Crippen molar-refractivity contribution in [2.24, 2.45) is 28.6 Å². The largest absolute Gasteiger partial charge is 1.00 e. The van der Waals surface area contributed by atoms with Gasteiger partial charge >= 0.3 is 29.6 Å². The summed E-state index contributed by atoms with van der Waals surface area (Å²) in [6.45, 7) is 13.3. The number of rotatable bonds is 11. The predicted molar refractivity (Wildman–Crippen MR) is 151 cm³/mol. The molecule has 2 N–H and O–H groups in total. The summed E-state index contributed by atoms with van der Waals surface area (Å²) in [6.07, 6.45) is 11.7. The fourth-order valence-corrected chi connectivity index (χ4v) is 7.92. The number of aromatic hydroxyl groups is 2. The standard InChI is InChI=1S/C31H48O6S.Na/c1-21(11-13-24-19-25(32)14-15-27(24)33)9-7-10-23(3)28(37-38(34,35)36)20-26-22(2)12-16-29-30(4,5)17-8-18-31(26,29)6;/h11-12,14-15,19,23,26,28-29,32-33H,7-10,13,16-18,20H2,1-6H3,(H,34,35,36);/q;+1/p-1/b21-11-;/t23-,26+,28-,29?,31-;/m1./s1. The average molecular weight is 571 g/mol. The van der Waals surface area contributed by atoms with Gasteiger partial charge in [-0.15, -0.1) is 0 Å². The first-order valence-corrected chi connectivity index (χ1v) is 15.4. The van der Waals surface area contributed by atoms with Crippen LogP contribution >= 0.6 is 0 Å². The van der Waals surface area contributed by atoms with E-state index in [1.165, 1.54) is 24.1 Å². The minimum atomic E-state index is -4.82. The van der Waals surface area contributed by atoms with Crippen LogP contribution in [-0.4, -0.2) is 29.3 Å². The summed E-state index contributed by atoms with van der Waals surface area (Å²) < 4.78 is 40.5. The van der Waals surface area contributed by atoms with Gasteiger partial charge in [0.15, 0.2) is 0 Å². The Hall–Kier alpha value is -0.830. The Morgan fingerprint density at radius 3 is 2.59 bits per heavy atom. The van der Waals surface area contributed by atoms with Crippen molar-refractivity contribution < 1.29 is 56.9 Å². The molecular weight excluding hydrogens is 523 g/mol. The van der Waals surface area contributed by atoms with E-state index in [9.17, 15) is 23.2 Å². The van der Waals surface area contributed by atoms with E-state index in [0.717, 1.165) is 44.1 Å². The molecule has 214 valence electrons. The van der Waals surface area contributed by atoms with Crippen molar-refractivity contribution in [3.8, 4) is 11.5 Å². The molecule has 0 bridgehead atoms. The van der Waals surface area contributed by atoms with Gasteiger partial charge in [-0.05, 0) is 112 Å². The van der Waals surface area contributed by atoms with Gasteiger partial charge in [0, 0.05) is 5.56 Å². The van der Waals surface area contributed by atoms with Gasteiger partial charge in [0.2, 0.25) is 10.4 Å². The summed E-state index contributed by atoms with van der Waals surface area (Å²) in [5.74, 6) is 0.901. The van der Waals surface area contributed by atoms with Crippen molar-refractivity contribution in [2.75, 3.05) is 0 Å². The number of allylic oxidation sites excluding steroid dienone is 4. The summed E-state index contributed by atoms with van der Waals surface area (Å²) in [6, 6.07) is 4.50. The molecule has 0 radical (unpaired) electrons. The van der Waals surface area contributed by atoms with Crippen LogP contribution in [0.3, 0.4) is 0 Å². The molecule has 0 saturated heterocycles. The molecule has 0 amide bonds. The predicted octanol–water partition coefficient (Wildman–Crippen LogP) is 4.43. The molecule has 1 saturated carbocycles. The van der Waals surface area contributed by atoms with Crippen LogP contribution in [0.4, 0.5) is 0 Å². The molecule has 1 aromatic carbocycles. The monoisotopic (exact) mass is 570 g/mol. The Bertz CT molecular complexity index is 1140. The molecule has 39 heavy (non-hydrogen) atoms. The van der Waals surface area contributed by atoms with Gasteiger partial charge in [0.1, 0.15) is 11.5 Å². The Balaban J connectivity index is 0.00000533. The molecule has 1 unspecified atom stereocenters. The van der Waals surface area contributed by atoms with Gasteiger partial charge in [0.25, 0.3) is 0 Å². The number of fused-ring (bicyclic) bond motifs is 1. The van der Waals surface area contributed by atoms with E-state index in [2.05, 4.69) is 33.8 Å². The van der Waals surface area contributed by atoms with Crippen molar-refractivity contribution >= 4 is 10.4 Å². The number of hydrogen-bond acceptors (Lipinski definition) is 6. The van der Waals surface area contributed by atoms with Crippen LogP contribution in [0.25, 0.3) is 0 Å². The third kappa shape index (κ3) is 9.08. The van der Waals surface area contributed by atoms with E-state index in [1.54, 1.807) is 6.07 Å². The zero-order chi connectivity index (χ0) is 28.3. The van der Waals surface area contributed by atoms with Crippen LogP contribution in [0.2, 0.25) is 0 Å². The first-order chi connectivity index (χ1) is 17.6. The van der Waals surface area contributed by atoms with E-state index in [1.807, 2.05) is 19.9 Å². The Morgan fingerprint density at radius 2 is 1.92 bits per heavy atom. The minimum absolute atomic E-state index is 0. The molecule has 0 aromatic heterocycles. The SMILES string of the molecule is CC1=CCC2C(C)(C)CCC[C@]2(C)[C@H]1C[C@@H](OS(=O)(=O)[O-])[C@H](C)CCC/C(C)=C\Cc1cc(O)ccc1O.[Na+]. The van der Waals surface area contributed by atoms with Crippen molar-refractivity contribution in [3.05, 3.63) is 47.1 Å². The Labute approximate surface area is 258 Å². The van der Waals surface area contributed by atoms with E-state index >= 15 is 0 Å². The number of phenolic OH excluding ortho intramolecular Hbond substituents is 2. The van der Waals surface area contributed by atoms with E-state index in [-0.39, 0.29) is 63.7 Å². The van der Waals surface area contributed by atoms with Crippen LogP contribution in [-0.2, 0) is 21.0 Å². The molecule has 5 atom stereocenters. The number of benzene rings is 1. The summed E-state index contributed by atoms with van der Waals surface area (Å²) in [5.41, 5.74) is 3.40. The second kappa shape index (κ2) is 13.9. The maximum atomic E-state index is 11.7. The third-order valence-corrected chi connectivity index (χ3v) is 10.1. The fraction of sp³-hybridized carbons (Fsp3) is 0.677. The molecule has 3 rings (SSSR count). The van der Waals surface area contributed by atoms with Crippen molar-refractivity contribution in [3.63, 3.8) is 0 Å². The molecule has 8 heteroatoms. The second-order valence-corrected chi connectivity index (χ2v) is 13.9. The van der Waals surface area contributed by atoms with Gasteiger partial charge in [0.05, 0.1) is 6.10 Å². The van der Waals surface area contributed by atoms with Crippen molar-refractivity contribution in [1.29, 1.82) is 0 Å². The van der Waals surface area contributed by atoms with Crippen LogP contribution < -0.4 is 29.6 Å². The van der Waals surface area contributed by atoms with Crippen LogP contribution in [0.5, 0.6) is 11.5 Å². The second-order valence-electron chi connectivity index (χ2n) is 12.9. The first kappa shape index (κ1) is 34.4. The Morgan fingerprint density at radius 1 is 1.23 bits per heavy atom. The van der Waals surface area contributed by atoms with Crippen molar-refractivity contribution in [2.45, 2.75) is 105 Å². The van der Waals surface area contributed by atoms with Gasteiger partial charge in [-0.1, -0.05) is 57.4 Å². The summed E-state index contributed by atoms with van der Waals surface area (Å²) in [4.78, 5) is 0. The minimum Gasteiger partial charge on any atom is -0.726 e. The quantitative estimate of drug-likeness (QED) is 0.134. The van der Waals surface area contributed by atoms with Gasteiger partial charge < -0.3 is 14.8 Å². The molecule has 1 fully saturated rings. The third-order valence-electron chi connectivity index (χ3n) is 9.61. The van der Waals surface area contributed by atoms with Crippen LogP contribution in [0.1, 0.15) is 98.5 Å². The van der Waals surface area contributed by atoms with Crippen LogP contribution in [0.15, 0.2) is 41.5 Å². The number of hydrogen-bond donors (Lipinski definition) is 2. The smallest absolute Gasteiger partial charge is 0.726 e. The van der Waals surface area contributed by atoms with Crippen LogP contribution in [0, 0.1) is 28.6 Å². The van der Waals surface area contributed by atoms with Crippen molar-refractivity contribution in [1.82, 2.24) is 0 Å². The van der Waals surface area contributed by atoms with Gasteiger partial charge in [-0.25, -0.2) is 8.42 Å². The van der Waals surface area contributed by atoms with Gasteiger partial charge in [-0.2, -0.15) is 0 Å². The van der Waals surface area contributed by atoms with E-state index in [0.29, 0.717) is 24.3 Å².